The maximum atomic E-state index is 5.50. The van der Waals surface area contributed by atoms with Crippen LogP contribution in [0.25, 0.3) is 10.6 Å². The lowest BCUT2D eigenvalue weighted by atomic mass is 10.2. The van der Waals surface area contributed by atoms with E-state index in [4.69, 9.17) is 4.42 Å². The molecule has 1 aliphatic carbocycles. The Bertz CT molecular complexity index is 485. The lowest BCUT2D eigenvalue weighted by Crippen LogP contribution is -2.15. The molecule has 0 amide bonds. The first kappa shape index (κ1) is 10.1. The van der Waals surface area contributed by atoms with E-state index in [1.165, 1.54) is 23.3 Å². The Morgan fingerprint density at radius 3 is 3.12 bits per heavy atom. The van der Waals surface area contributed by atoms with Gasteiger partial charge in [-0.1, -0.05) is 0 Å². The molecule has 1 aliphatic rings. The number of aromatic nitrogens is 1. The second-order valence-electron chi connectivity index (χ2n) is 4.22. The number of nitrogens with zero attached hydrogens (tertiary/aromatic N) is 1. The van der Waals surface area contributed by atoms with E-state index < -0.39 is 0 Å². The summed E-state index contributed by atoms with van der Waals surface area (Å²) in [5.41, 5.74) is 2.28. The lowest BCUT2D eigenvalue weighted by Gasteiger charge is -2.01. The van der Waals surface area contributed by atoms with Gasteiger partial charge in [0.25, 0.3) is 0 Å². The number of thiophene rings is 1. The summed E-state index contributed by atoms with van der Waals surface area (Å²) in [6.45, 7) is 2.92. The molecule has 1 N–H and O–H groups in total. The van der Waals surface area contributed by atoms with Gasteiger partial charge in [0.15, 0.2) is 12.2 Å². The van der Waals surface area contributed by atoms with Crippen molar-refractivity contribution >= 4 is 11.3 Å². The van der Waals surface area contributed by atoms with E-state index in [-0.39, 0.29) is 0 Å². The number of nitrogens with one attached hydrogen (secondary N) is 1. The summed E-state index contributed by atoms with van der Waals surface area (Å²) in [6.07, 6.45) is 4.13. The van der Waals surface area contributed by atoms with Gasteiger partial charge in [-0.25, -0.2) is 4.98 Å². The summed E-state index contributed by atoms with van der Waals surface area (Å²) >= 11 is 1.71. The number of rotatable bonds is 4. The van der Waals surface area contributed by atoms with Gasteiger partial charge in [-0.2, -0.15) is 0 Å². The number of aryl methyl sites for hydroxylation is 1. The number of oxazole rings is 1. The highest BCUT2D eigenvalue weighted by atomic mass is 32.1. The van der Waals surface area contributed by atoms with Gasteiger partial charge in [-0.15, -0.1) is 11.3 Å². The summed E-state index contributed by atoms with van der Waals surface area (Å²) in [5.74, 6) is 0.931. The highest BCUT2D eigenvalue weighted by Crippen LogP contribution is 2.31. The van der Waals surface area contributed by atoms with Crippen LogP contribution in [0, 0.1) is 6.92 Å². The molecule has 84 valence electrons. The highest BCUT2D eigenvalue weighted by Gasteiger charge is 2.22. The maximum Gasteiger partial charge on any atom is 0.181 e. The number of hydrogen-bond donors (Lipinski definition) is 1. The van der Waals surface area contributed by atoms with Crippen molar-refractivity contribution in [2.24, 2.45) is 0 Å². The topological polar surface area (TPSA) is 38.1 Å². The molecule has 1 saturated carbocycles. The molecule has 1 fully saturated rings. The van der Waals surface area contributed by atoms with E-state index in [2.05, 4.69) is 28.7 Å². The maximum absolute atomic E-state index is 5.50. The van der Waals surface area contributed by atoms with Crippen molar-refractivity contribution in [2.45, 2.75) is 32.4 Å². The molecule has 3 nitrogen and oxygen atoms in total. The first-order valence-electron chi connectivity index (χ1n) is 5.55. The second-order valence-corrected chi connectivity index (χ2v) is 5.13. The van der Waals surface area contributed by atoms with Crippen LogP contribution in [0.3, 0.4) is 0 Å². The Morgan fingerprint density at radius 2 is 2.44 bits per heavy atom. The molecule has 0 saturated heterocycles. The molecule has 2 heterocycles. The Morgan fingerprint density at radius 1 is 1.56 bits per heavy atom. The van der Waals surface area contributed by atoms with Crippen molar-refractivity contribution in [1.82, 2.24) is 10.3 Å². The summed E-state index contributed by atoms with van der Waals surface area (Å²) < 4.78 is 5.50. The average Bonchev–Trinajstić information content (AvgIpc) is 2.83. The lowest BCUT2D eigenvalue weighted by molar-refractivity contribution is 0.570. The van der Waals surface area contributed by atoms with Crippen molar-refractivity contribution in [3.05, 3.63) is 29.1 Å². The van der Waals surface area contributed by atoms with Crippen LogP contribution in [0.2, 0.25) is 0 Å². The molecule has 0 bridgehead atoms. The van der Waals surface area contributed by atoms with E-state index in [0.717, 1.165) is 18.0 Å². The molecule has 0 spiro atoms. The average molecular weight is 234 g/mol. The van der Waals surface area contributed by atoms with Crippen LogP contribution in [0.1, 0.15) is 24.1 Å². The van der Waals surface area contributed by atoms with Crippen molar-refractivity contribution in [3.63, 3.8) is 0 Å². The molecule has 0 aliphatic heterocycles. The molecule has 0 unspecified atom stereocenters. The standard InChI is InChI=1S/C12H14N2OS/c1-8-4-5-16-12(8)11-10(14-7-15-11)6-13-9-2-3-9/h4-5,7,9,13H,2-3,6H2,1H3. The predicted octanol–water partition coefficient (Wildman–Crippen LogP) is 2.96. The van der Waals surface area contributed by atoms with Gasteiger partial charge in [0.1, 0.15) is 5.69 Å². The van der Waals surface area contributed by atoms with E-state index in [1.807, 2.05) is 0 Å². The SMILES string of the molecule is Cc1ccsc1-c1ocnc1CNC1CC1. The molecule has 2 aromatic rings. The molecular formula is C12H14N2OS. The van der Waals surface area contributed by atoms with Crippen LogP contribution in [0.15, 0.2) is 22.3 Å². The first-order valence-corrected chi connectivity index (χ1v) is 6.43. The Hall–Kier alpha value is -1.13. The van der Waals surface area contributed by atoms with Gasteiger partial charge in [-0.05, 0) is 36.8 Å². The van der Waals surface area contributed by atoms with E-state index >= 15 is 0 Å². The minimum absolute atomic E-state index is 0.703. The molecule has 0 radical (unpaired) electrons. The molecular weight excluding hydrogens is 220 g/mol. The fraction of sp³-hybridized carbons (Fsp3) is 0.417. The third-order valence-corrected chi connectivity index (χ3v) is 3.86. The molecule has 0 aromatic carbocycles. The fourth-order valence-corrected chi connectivity index (χ4v) is 2.65. The van der Waals surface area contributed by atoms with Crippen molar-refractivity contribution in [2.75, 3.05) is 0 Å². The van der Waals surface area contributed by atoms with Crippen molar-refractivity contribution in [3.8, 4) is 10.6 Å². The summed E-state index contributed by atoms with van der Waals surface area (Å²) in [6, 6.07) is 2.81. The van der Waals surface area contributed by atoms with E-state index in [1.54, 1.807) is 17.7 Å². The van der Waals surface area contributed by atoms with Crippen LogP contribution in [-0.2, 0) is 6.54 Å². The molecule has 2 aromatic heterocycles. The monoisotopic (exact) mass is 234 g/mol. The second kappa shape index (κ2) is 4.03. The smallest absolute Gasteiger partial charge is 0.181 e. The zero-order valence-electron chi connectivity index (χ0n) is 9.19. The van der Waals surface area contributed by atoms with Crippen molar-refractivity contribution in [1.29, 1.82) is 0 Å². The third-order valence-electron chi connectivity index (χ3n) is 2.85. The zero-order valence-corrected chi connectivity index (χ0v) is 10.0. The van der Waals surface area contributed by atoms with E-state index in [0.29, 0.717) is 6.04 Å². The van der Waals surface area contributed by atoms with Crippen LogP contribution in [0.4, 0.5) is 0 Å². The predicted molar refractivity (Wildman–Crippen MR) is 64.4 cm³/mol. The summed E-state index contributed by atoms with van der Waals surface area (Å²) in [4.78, 5) is 5.49. The van der Waals surface area contributed by atoms with Crippen LogP contribution >= 0.6 is 11.3 Å². The zero-order chi connectivity index (χ0) is 11.0. The van der Waals surface area contributed by atoms with E-state index in [9.17, 15) is 0 Å². The molecule has 0 atom stereocenters. The fourth-order valence-electron chi connectivity index (χ4n) is 1.71. The summed E-state index contributed by atoms with van der Waals surface area (Å²) in [7, 11) is 0. The quantitative estimate of drug-likeness (QED) is 0.883. The largest absolute Gasteiger partial charge is 0.442 e. The summed E-state index contributed by atoms with van der Waals surface area (Å²) in [5, 5.41) is 5.55. The normalized spacial score (nSPS) is 15.6. The Kier molecular flexibility index (Phi) is 2.53. The van der Waals surface area contributed by atoms with Gasteiger partial charge < -0.3 is 9.73 Å². The third kappa shape index (κ3) is 1.90. The van der Waals surface area contributed by atoms with Crippen molar-refractivity contribution < 1.29 is 4.42 Å². The minimum Gasteiger partial charge on any atom is -0.442 e. The minimum atomic E-state index is 0.703. The first-order chi connectivity index (χ1) is 7.84. The van der Waals surface area contributed by atoms with Crippen LogP contribution < -0.4 is 5.32 Å². The van der Waals surface area contributed by atoms with Gasteiger partial charge in [0.2, 0.25) is 0 Å². The van der Waals surface area contributed by atoms with Crippen LogP contribution in [0.5, 0.6) is 0 Å². The van der Waals surface area contributed by atoms with Gasteiger partial charge in [0.05, 0.1) is 4.88 Å². The highest BCUT2D eigenvalue weighted by molar-refractivity contribution is 7.13. The Balaban J connectivity index is 1.83. The van der Waals surface area contributed by atoms with Crippen LogP contribution in [-0.4, -0.2) is 11.0 Å². The van der Waals surface area contributed by atoms with Gasteiger partial charge in [-0.3, -0.25) is 0 Å². The number of hydrogen-bond acceptors (Lipinski definition) is 4. The van der Waals surface area contributed by atoms with Gasteiger partial charge in [0, 0.05) is 12.6 Å². The molecule has 3 rings (SSSR count). The Labute approximate surface area is 98.5 Å². The molecule has 16 heavy (non-hydrogen) atoms. The molecule has 4 heteroatoms. The van der Waals surface area contributed by atoms with Gasteiger partial charge >= 0.3 is 0 Å².